The number of nitrogens with zero attached hydrogens (tertiary/aromatic N) is 1. The monoisotopic (exact) mass is 1900 g/mol. The molecule has 134 heavy (non-hydrogen) atoms. The number of hydrogen-bond acceptors (Lipinski definition) is 29. The van der Waals surface area contributed by atoms with Gasteiger partial charge in [0.15, 0.2) is 18.9 Å². The Kier molecular flexibility index (Phi) is 53.4. The first kappa shape index (κ1) is 113. The maximum absolute atomic E-state index is 14.4. The van der Waals surface area contributed by atoms with Gasteiger partial charge in [-0.3, -0.25) is 38.4 Å². The van der Waals surface area contributed by atoms with Crippen LogP contribution >= 0.6 is 0 Å². The molecule has 4 aliphatic heterocycles. The summed E-state index contributed by atoms with van der Waals surface area (Å²) >= 11 is 0. The number of hydrogen-bond donors (Lipinski definition) is 15. The molecule has 7 amide bonds. The number of Topliss-reactive ketones (excluding diaryl/α,β-unsaturated/α-hetero) is 1. The highest BCUT2D eigenvalue weighted by atomic mass is 16.7. The zero-order valence-corrected chi connectivity index (χ0v) is 79.7. The van der Waals surface area contributed by atoms with Gasteiger partial charge in [-0.25, -0.2) is 0 Å². The van der Waals surface area contributed by atoms with Crippen LogP contribution in [0.4, 0.5) is 0 Å². The minimum Gasteiger partial charge on any atom is -0.497 e. The second kappa shape index (κ2) is 63.1. The van der Waals surface area contributed by atoms with Gasteiger partial charge in [-0.05, 0) is 124 Å². The Morgan fingerprint density at radius 1 is 0.381 bits per heavy atom. The van der Waals surface area contributed by atoms with Crippen LogP contribution in [-0.4, -0.2) is 324 Å². The molecule has 36 heteroatoms. The highest BCUT2D eigenvalue weighted by Crippen LogP contribution is 2.43. The third-order valence-corrected chi connectivity index (χ3v) is 25.2. The summed E-state index contributed by atoms with van der Waals surface area (Å²) in [7, 11) is 3.28. The number of methoxy groups -OCH3 is 2. The molecular formula is C98H157N7O29. The predicted octanol–water partition coefficient (Wildman–Crippen LogP) is 4.97. The van der Waals surface area contributed by atoms with Crippen LogP contribution in [0.3, 0.4) is 0 Å². The molecule has 0 spiro atoms. The summed E-state index contributed by atoms with van der Waals surface area (Å²) in [5.41, 5.74) is 0.600. The average molecular weight is 1900 g/mol. The average Bonchev–Trinajstić information content (AvgIpc) is 0.908. The Morgan fingerprint density at radius 3 is 1.04 bits per heavy atom. The summed E-state index contributed by atoms with van der Waals surface area (Å²) in [6.45, 7) is 8.58. The number of unbranched alkanes of at least 4 members (excludes halogenated alkanes) is 10. The predicted molar refractivity (Wildman–Crippen MR) is 494 cm³/mol. The fourth-order valence-electron chi connectivity index (χ4n) is 17.0. The molecule has 3 aromatic carbocycles. The first-order valence-electron chi connectivity index (χ1n) is 48.6. The van der Waals surface area contributed by atoms with Crippen LogP contribution in [0.25, 0.3) is 0 Å². The van der Waals surface area contributed by atoms with Crippen molar-refractivity contribution in [1.29, 1.82) is 0 Å². The zero-order chi connectivity index (χ0) is 97.1. The van der Waals surface area contributed by atoms with Crippen molar-refractivity contribution >= 4 is 47.1 Å². The lowest BCUT2D eigenvalue weighted by Crippen LogP contribution is -2.55. The van der Waals surface area contributed by atoms with Crippen LogP contribution in [0.2, 0.25) is 0 Å². The highest BCUT2D eigenvalue weighted by molar-refractivity contribution is 5.80. The van der Waals surface area contributed by atoms with Gasteiger partial charge in [-0.1, -0.05) is 121 Å². The van der Waals surface area contributed by atoms with Gasteiger partial charge in [0.05, 0.1) is 105 Å². The molecule has 4 fully saturated rings. The van der Waals surface area contributed by atoms with Crippen LogP contribution in [0.15, 0.2) is 78.9 Å². The Labute approximate surface area is 790 Å². The van der Waals surface area contributed by atoms with E-state index < -0.39 is 122 Å². The summed E-state index contributed by atoms with van der Waals surface area (Å²) in [6.07, 6.45) is 0.496. The number of ketones is 1. The number of ether oxygens (including phenoxy) is 12. The Morgan fingerprint density at radius 2 is 0.701 bits per heavy atom. The molecule has 3 aromatic rings. The number of nitrogens with one attached hydrogen (secondary N) is 6. The van der Waals surface area contributed by atoms with E-state index in [0.29, 0.717) is 109 Å². The molecule has 4 heterocycles. The molecule has 4 saturated heterocycles. The molecule has 0 saturated carbocycles. The first-order chi connectivity index (χ1) is 64.7. The Bertz CT molecular complexity index is 3560. The normalized spacial score (nSPS) is 24.1. The lowest BCUT2D eigenvalue weighted by molar-refractivity contribution is -0.282. The van der Waals surface area contributed by atoms with Crippen molar-refractivity contribution < 1.29 is 141 Å². The van der Waals surface area contributed by atoms with Gasteiger partial charge in [0.25, 0.3) is 0 Å². The van der Waals surface area contributed by atoms with Crippen LogP contribution in [0.5, 0.6) is 11.5 Å². The summed E-state index contributed by atoms with van der Waals surface area (Å²) in [4.78, 5) is 108. The van der Waals surface area contributed by atoms with Crippen molar-refractivity contribution in [1.82, 2.24) is 36.8 Å². The van der Waals surface area contributed by atoms with Crippen molar-refractivity contribution in [2.24, 2.45) is 29.1 Å². The van der Waals surface area contributed by atoms with E-state index in [4.69, 9.17) is 56.8 Å². The van der Waals surface area contributed by atoms with Crippen LogP contribution < -0.4 is 41.4 Å². The molecule has 0 aliphatic carbocycles. The van der Waals surface area contributed by atoms with Gasteiger partial charge >= 0.3 is 0 Å². The minimum atomic E-state index is -1.24. The lowest BCUT2D eigenvalue weighted by atomic mass is 9.80. The largest absolute Gasteiger partial charge is 0.497 e. The van der Waals surface area contributed by atoms with Gasteiger partial charge in [0.1, 0.15) is 59.5 Å². The second-order valence-corrected chi connectivity index (χ2v) is 36.1. The molecule has 758 valence electrons. The van der Waals surface area contributed by atoms with Crippen molar-refractivity contribution in [2.45, 2.75) is 287 Å². The topological polar surface area (TPSA) is 505 Å². The van der Waals surface area contributed by atoms with Gasteiger partial charge in [-0.15, -0.1) is 0 Å². The van der Waals surface area contributed by atoms with E-state index in [1.54, 1.807) is 35.0 Å². The lowest BCUT2D eigenvalue weighted by Gasteiger charge is -2.40. The number of aliphatic hydroxyl groups excluding tert-OH is 9. The zero-order valence-electron chi connectivity index (χ0n) is 79.7. The molecule has 4 aliphatic rings. The number of carbonyl (C=O) groups excluding carboxylic acids is 8. The molecule has 15 unspecified atom stereocenters. The van der Waals surface area contributed by atoms with Gasteiger partial charge in [-0.2, -0.15) is 0 Å². The van der Waals surface area contributed by atoms with Gasteiger partial charge in [0.2, 0.25) is 41.4 Å². The first-order valence-corrected chi connectivity index (χ1v) is 48.6. The molecule has 0 aromatic heterocycles. The van der Waals surface area contributed by atoms with Crippen molar-refractivity contribution in [3.63, 3.8) is 0 Å². The molecule has 0 bridgehead atoms. The van der Waals surface area contributed by atoms with Gasteiger partial charge in [0, 0.05) is 147 Å². The number of likely N-dealkylation sites (tertiary alicyclic amines) is 1. The van der Waals surface area contributed by atoms with E-state index in [1.807, 2.05) is 71.6 Å². The fraction of sp³-hybridized carbons (Fsp3) is 0.735. The summed E-state index contributed by atoms with van der Waals surface area (Å²) < 4.78 is 71.3. The molecule has 15 N–H and O–H groups in total. The SMILES string of the molecule is COc1ccc(C(OC[C@@H]2C[C@@H](C)CN2C(=O)CCCCCCCCCCC(=O)CC(COCCC(=O)NCCCNC(=O)CCCCOC2OC(CO)C(O)C(O)C2C)(COCCC(=O)NCCCNC(=O)CCCCOC2OC(CO)C(O)C(O)C2C)COCCC(=O)NCCCNC(=O)CCCCOC2OC(CO)C(O)C(O)C2C)(c2ccccc2)c2ccc(OC)cc2)cc1. The smallest absolute Gasteiger partial charge is 0.222 e. The van der Waals surface area contributed by atoms with E-state index >= 15 is 0 Å². The number of rotatable bonds is 69. The Balaban J connectivity index is 0.889. The van der Waals surface area contributed by atoms with E-state index in [2.05, 4.69) is 51.0 Å². The minimum absolute atomic E-state index is 0.0545. The maximum atomic E-state index is 14.4. The van der Waals surface area contributed by atoms with Crippen molar-refractivity contribution in [2.75, 3.05) is 146 Å². The number of carbonyl (C=O) groups is 8. The highest BCUT2D eigenvalue weighted by Gasteiger charge is 2.47. The quantitative estimate of drug-likeness (QED) is 0.0262. The summed E-state index contributed by atoms with van der Waals surface area (Å²) in [6, 6.07) is 25.9. The van der Waals surface area contributed by atoms with Crippen LogP contribution in [0, 0.1) is 29.1 Å². The van der Waals surface area contributed by atoms with E-state index in [0.717, 1.165) is 79.6 Å². The second-order valence-electron chi connectivity index (χ2n) is 36.1. The van der Waals surface area contributed by atoms with E-state index in [-0.39, 0.29) is 184 Å². The molecule has 36 nitrogen and oxygen atoms in total. The standard InChI is InChI=1S/C98H157N7O29/c1-67-57-74(63-131-98(71-27-14-13-15-28-71,72-34-38-76(123-5)39-35-72)73-36-40-77(124-6)41-37-73)105(59-67)87(116)33-17-12-10-8-7-9-11-16-29-75(109)58-97(64-125-54-42-84(113)102-48-24-45-99-81(110)30-18-21-51-128-94-68(2)88(117)91(120)78(60-106)132-94,65-126-55-43-85(114)103-49-25-46-100-82(111)31-19-22-52-129-95-69(3)89(118)92(121)79(61-107)133-95)66-127-56-44-86(115)104-50-26-47-101-83(112)32-20-23-53-130-96-70(4)90(119)93(122)80(62-108)134-96/h13-15,27-28,34-41,67-70,74,78-80,88-96,106-108,117-122H,7-12,16-26,29-33,42-66H2,1-6H3,(H,99,110)(H,100,111)(H,101,112)(H,102,113)(H,103,114)(H,104,115)/t67-,68?,69?,70?,74+,78?,79?,80?,88?,89?,90?,91?,92?,93?,94?,95?,96?,97?/m1/s1. The third kappa shape index (κ3) is 39.0. The molecule has 0 radical (unpaired) electrons. The fourth-order valence-corrected chi connectivity index (χ4v) is 17.0. The van der Waals surface area contributed by atoms with Crippen molar-refractivity contribution in [3.8, 4) is 11.5 Å². The van der Waals surface area contributed by atoms with E-state index in [1.165, 1.54) is 0 Å². The third-order valence-electron chi connectivity index (χ3n) is 25.2. The van der Waals surface area contributed by atoms with E-state index in [9.17, 15) is 84.3 Å². The summed E-state index contributed by atoms with van der Waals surface area (Å²) in [5, 5.41) is 107. The molecule has 17 atom stereocenters. The molecule has 7 rings (SSSR count). The van der Waals surface area contributed by atoms with Crippen LogP contribution in [0.1, 0.15) is 218 Å². The van der Waals surface area contributed by atoms with Gasteiger partial charge < -0.3 is 140 Å². The van der Waals surface area contributed by atoms with Crippen LogP contribution in [-0.2, 0) is 91.3 Å². The number of aliphatic hydroxyl groups is 9. The maximum Gasteiger partial charge on any atom is 0.222 e. The Hall–Kier alpha value is -7.54. The number of benzene rings is 3. The molecular weight excluding hydrogens is 1740 g/mol. The number of amides is 7. The van der Waals surface area contributed by atoms with Crippen molar-refractivity contribution in [3.05, 3.63) is 95.6 Å². The summed E-state index contributed by atoms with van der Waals surface area (Å²) in [5.74, 6) is -1.36.